The molecule has 0 aliphatic heterocycles. The molecule has 3 aromatic heterocycles. The van der Waals surface area contributed by atoms with Crippen molar-refractivity contribution in [2.45, 2.75) is 6.42 Å². The van der Waals surface area contributed by atoms with Crippen molar-refractivity contribution in [3.8, 4) is 18.0 Å². The summed E-state index contributed by atoms with van der Waals surface area (Å²) >= 11 is 0. The number of fused-ring (bicyclic) bond motifs is 1. The number of hydrogen-bond acceptors (Lipinski definition) is 7. The monoisotopic (exact) mass is 317 g/mol. The molecule has 3 aromatic rings. The first-order valence-corrected chi connectivity index (χ1v) is 7.07. The van der Waals surface area contributed by atoms with Gasteiger partial charge in [0.1, 0.15) is 6.07 Å². The van der Waals surface area contributed by atoms with Gasteiger partial charge in [-0.3, -0.25) is 4.79 Å². The fourth-order valence-electron chi connectivity index (χ4n) is 2.22. The van der Waals surface area contributed by atoms with Crippen molar-refractivity contribution in [2.24, 2.45) is 0 Å². The quantitative estimate of drug-likeness (QED) is 0.563. The minimum atomic E-state index is 0.319. The average Bonchev–Trinajstić information content (AvgIpc) is 3.04. The van der Waals surface area contributed by atoms with Crippen LogP contribution in [0.15, 0.2) is 30.7 Å². The maximum absolute atomic E-state index is 11.1. The number of hydrogen-bond donors (Lipinski definition) is 1. The normalized spacial score (nSPS) is 10.1. The first-order valence-electron chi connectivity index (χ1n) is 7.07. The molecule has 0 aliphatic carbocycles. The zero-order chi connectivity index (χ0) is 16.9. The molecule has 1 N–H and O–H groups in total. The molecule has 3 heterocycles. The summed E-state index contributed by atoms with van der Waals surface area (Å²) in [4.78, 5) is 19.6. The van der Waals surface area contributed by atoms with Crippen LogP contribution in [0.25, 0.3) is 16.9 Å². The van der Waals surface area contributed by atoms with Crippen LogP contribution >= 0.6 is 0 Å². The van der Waals surface area contributed by atoms with Gasteiger partial charge in [0.05, 0.1) is 35.5 Å². The van der Waals surface area contributed by atoms with Crippen LogP contribution in [0.1, 0.15) is 22.3 Å². The van der Waals surface area contributed by atoms with E-state index in [9.17, 15) is 4.79 Å². The van der Waals surface area contributed by atoms with Crippen molar-refractivity contribution < 1.29 is 4.79 Å². The number of carbonyl (C=O) groups is 1. The minimum Gasteiger partial charge on any atom is -0.383 e. The van der Waals surface area contributed by atoms with Crippen LogP contribution in [0, 0.1) is 22.7 Å². The van der Waals surface area contributed by atoms with Crippen LogP contribution in [0.5, 0.6) is 0 Å². The smallest absolute Gasteiger partial charge is 0.164 e. The Bertz CT molecular complexity index is 994. The summed E-state index contributed by atoms with van der Waals surface area (Å²) in [6.07, 6.45) is 5.52. The van der Waals surface area contributed by atoms with E-state index in [0.717, 1.165) is 0 Å². The maximum atomic E-state index is 11.1. The zero-order valence-electron chi connectivity index (χ0n) is 12.5. The molecule has 0 amide bonds. The van der Waals surface area contributed by atoms with Crippen LogP contribution in [0.3, 0.4) is 0 Å². The summed E-state index contributed by atoms with van der Waals surface area (Å²) < 4.78 is 1.53. The molecule has 0 aliphatic rings. The van der Waals surface area contributed by atoms with Gasteiger partial charge in [0, 0.05) is 30.4 Å². The maximum Gasteiger partial charge on any atom is 0.164 e. The van der Waals surface area contributed by atoms with Gasteiger partial charge in [0.2, 0.25) is 0 Å². The highest BCUT2D eigenvalue weighted by atomic mass is 16.1. The summed E-state index contributed by atoms with van der Waals surface area (Å²) in [5, 5.41) is 25.5. The van der Waals surface area contributed by atoms with Crippen LogP contribution in [-0.4, -0.2) is 32.6 Å². The van der Waals surface area contributed by atoms with E-state index < -0.39 is 0 Å². The standard InChI is InChI=1S/C16H11N7O/c17-2-1-3-19-14-5-15(20-8-13(14)10-24)23-16-12(9-22-23)4-11(6-18)7-21-16/h4-5,7-10H,1,3H2,(H,19,20). The van der Waals surface area contributed by atoms with E-state index >= 15 is 0 Å². The molecule has 0 spiro atoms. The van der Waals surface area contributed by atoms with Crippen molar-refractivity contribution in [2.75, 3.05) is 11.9 Å². The molecule has 0 saturated carbocycles. The van der Waals surface area contributed by atoms with Crippen LogP contribution < -0.4 is 5.32 Å². The number of nitrogens with one attached hydrogen (secondary N) is 1. The lowest BCUT2D eigenvalue weighted by Crippen LogP contribution is -2.07. The Kier molecular flexibility index (Phi) is 4.13. The van der Waals surface area contributed by atoms with Gasteiger partial charge >= 0.3 is 0 Å². The highest BCUT2D eigenvalue weighted by Gasteiger charge is 2.11. The Morgan fingerprint density at radius 2 is 2.08 bits per heavy atom. The molecule has 3 rings (SSSR count). The number of rotatable bonds is 5. The summed E-state index contributed by atoms with van der Waals surface area (Å²) in [5.74, 6) is 0.479. The highest BCUT2D eigenvalue weighted by Crippen LogP contribution is 2.20. The van der Waals surface area contributed by atoms with Gasteiger partial charge < -0.3 is 5.32 Å². The molecule has 0 bridgehead atoms. The molecule has 0 saturated heterocycles. The topological polar surface area (TPSA) is 120 Å². The van der Waals surface area contributed by atoms with Crippen molar-refractivity contribution in [1.82, 2.24) is 19.7 Å². The van der Waals surface area contributed by atoms with Crippen LogP contribution in [0.4, 0.5) is 5.69 Å². The predicted octanol–water partition coefficient (Wildman–Crippen LogP) is 1.83. The van der Waals surface area contributed by atoms with Gasteiger partial charge in [-0.2, -0.15) is 20.3 Å². The second-order valence-corrected chi connectivity index (χ2v) is 4.89. The van der Waals surface area contributed by atoms with Gasteiger partial charge in [0.25, 0.3) is 0 Å². The molecule has 0 unspecified atom stereocenters. The van der Waals surface area contributed by atoms with E-state index in [2.05, 4.69) is 20.4 Å². The number of anilines is 1. The SMILES string of the molecule is N#CCCNc1cc(-n2ncc3cc(C#N)cnc32)ncc1C=O. The molecule has 8 heteroatoms. The Morgan fingerprint density at radius 1 is 1.21 bits per heavy atom. The van der Waals surface area contributed by atoms with Crippen molar-refractivity contribution in [1.29, 1.82) is 10.5 Å². The molecular weight excluding hydrogens is 306 g/mol. The van der Waals surface area contributed by atoms with E-state index in [1.165, 1.54) is 17.1 Å². The van der Waals surface area contributed by atoms with E-state index in [1.54, 1.807) is 18.3 Å². The minimum absolute atomic E-state index is 0.319. The second-order valence-electron chi connectivity index (χ2n) is 4.89. The lowest BCUT2D eigenvalue weighted by Gasteiger charge is -2.09. The molecule has 0 radical (unpaired) electrons. The van der Waals surface area contributed by atoms with Crippen molar-refractivity contribution in [3.05, 3.63) is 41.9 Å². The summed E-state index contributed by atoms with van der Waals surface area (Å²) in [6.45, 7) is 0.421. The third-order valence-electron chi connectivity index (χ3n) is 3.35. The lowest BCUT2D eigenvalue weighted by molar-refractivity contribution is 0.112. The van der Waals surface area contributed by atoms with E-state index in [1.807, 2.05) is 12.1 Å². The molecular formula is C16H11N7O. The predicted molar refractivity (Wildman–Crippen MR) is 85.5 cm³/mol. The fraction of sp³-hybridized carbons (Fsp3) is 0.125. The average molecular weight is 317 g/mol. The summed E-state index contributed by atoms with van der Waals surface area (Å²) in [6, 6.07) is 7.43. The first kappa shape index (κ1) is 15.1. The number of nitriles is 2. The molecule has 8 nitrogen and oxygen atoms in total. The van der Waals surface area contributed by atoms with E-state index in [4.69, 9.17) is 10.5 Å². The van der Waals surface area contributed by atoms with E-state index in [0.29, 0.717) is 52.9 Å². The third-order valence-corrected chi connectivity index (χ3v) is 3.35. The molecule has 116 valence electrons. The third kappa shape index (κ3) is 2.76. The number of nitrogens with zero attached hydrogens (tertiary/aromatic N) is 6. The van der Waals surface area contributed by atoms with E-state index in [-0.39, 0.29) is 0 Å². The molecule has 0 aromatic carbocycles. The number of aldehydes is 1. The number of aromatic nitrogens is 4. The van der Waals surface area contributed by atoms with Crippen LogP contribution in [-0.2, 0) is 0 Å². The number of carbonyl (C=O) groups excluding carboxylic acids is 1. The van der Waals surface area contributed by atoms with Gasteiger partial charge in [-0.15, -0.1) is 0 Å². The summed E-state index contributed by atoms with van der Waals surface area (Å²) in [5.41, 5.74) is 1.98. The van der Waals surface area contributed by atoms with Crippen LogP contribution in [0.2, 0.25) is 0 Å². The summed E-state index contributed by atoms with van der Waals surface area (Å²) in [7, 11) is 0. The molecule has 0 atom stereocenters. The fourth-order valence-corrected chi connectivity index (χ4v) is 2.22. The van der Waals surface area contributed by atoms with Crippen molar-refractivity contribution in [3.63, 3.8) is 0 Å². The molecule has 24 heavy (non-hydrogen) atoms. The van der Waals surface area contributed by atoms with Gasteiger partial charge in [0.15, 0.2) is 17.8 Å². The van der Waals surface area contributed by atoms with Gasteiger partial charge in [-0.25, -0.2) is 9.97 Å². The molecule has 0 fully saturated rings. The largest absolute Gasteiger partial charge is 0.383 e. The zero-order valence-corrected chi connectivity index (χ0v) is 12.5. The van der Waals surface area contributed by atoms with Crippen molar-refractivity contribution >= 4 is 23.0 Å². The Balaban J connectivity index is 2.03. The Labute approximate surface area is 137 Å². The van der Waals surface area contributed by atoms with Gasteiger partial charge in [-0.05, 0) is 6.07 Å². The van der Waals surface area contributed by atoms with Gasteiger partial charge in [-0.1, -0.05) is 0 Å². The first-order chi connectivity index (χ1) is 11.8. The highest BCUT2D eigenvalue weighted by molar-refractivity contribution is 5.84. The Morgan fingerprint density at radius 3 is 2.83 bits per heavy atom. The lowest BCUT2D eigenvalue weighted by atomic mass is 10.2. The number of pyridine rings is 2. The Hall–Kier alpha value is -3.78. The second kappa shape index (κ2) is 6.55.